The largest absolute Gasteiger partial charge is 0.296 e. The van der Waals surface area contributed by atoms with E-state index in [0.29, 0.717) is 12.2 Å². The van der Waals surface area contributed by atoms with Gasteiger partial charge in [-0.05, 0) is 26.2 Å². The molecule has 2 saturated heterocycles. The lowest BCUT2D eigenvalue weighted by atomic mass is 10.1. The summed E-state index contributed by atoms with van der Waals surface area (Å²) in [5, 5.41) is 3.50. The highest BCUT2D eigenvalue weighted by molar-refractivity contribution is 6.21. The predicted molar refractivity (Wildman–Crippen MR) is 46.6 cm³/mol. The number of hydrogen-bond acceptors (Lipinski definition) is 2. The van der Waals surface area contributed by atoms with Crippen molar-refractivity contribution in [1.29, 1.82) is 0 Å². The van der Waals surface area contributed by atoms with Gasteiger partial charge in [-0.1, -0.05) is 0 Å². The predicted octanol–water partition coefficient (Wildman–Crippen LogP) is 1.35. The summed E-state index contributed by atoms with van der Waals surface area (Å²) in [4.78, 5) is 2.38. The molecule has 0 aliphatic carbocycles. The van der Waals surface area contributed by atoms with Crippen LogP contribution in [0.1, 0.15) is 26.2 Å². The second-order valence-electron chi connectivity index (χ2n) is 3.58. The summed E-state index contributed by atoms with van der Waals surface area (Å²) < 4.78 is 0. The molecular formula is C8H15ClN2. The molecule has 0 bridgehead atoms. The summed E-state index contributed by atoms with van der Waals surface area (Å²) >= 11 is 6.20. The Balaban J connectivity index is 2.05. The van der Waals surface area contributed by atoms with Crippen molar-refractivity contribution >= 4 is 11.6 Å². The molecule has 0 aromatic rings. The maximum atomic E-state index is 6.20. The van der Waals surface area contributed by atoms with Gasteiger partial charge in [-0.15, -0.1) is 11.6 Å². The Morgan fingerprint density at radius 3 is 3.00 bits per heavy atom. The third-order valence-electron chi connectivity index (χ3n) is 2.73. The third-order valence-corrected chi connectivity index (χ3v) is 3.36. The van der Waals surface area contributed by atoms with Gasteiger partial charge in [0.1, 0.15) is 5.50 Å². The van der Waals surface area contributed by atoms with Crippen LogP contribution in [0.5, 0.6) is 0 Å². The maximum Gasteiger partial charge on any atom is 0.101 e. The van der Waals surface area contributed by atoms with Crippen molar-refractivity contribution in [1.82, 2.24) is 10.2 Å². The van der Waals surface area contributed by atoms with Crippen LogP contribution in [0.2, 0.25) is 0 Å². The second kappa shape index (κ2) is 2.92. The van der Waals surface area contributed by atoms with Crippen LogP contribution in [0.15, 0.2) is 0 Å². The molecule has 2 heterocycles. The SMILES string of the molecule is CC1N[C@@H]2CCCCN2C1Cl. The van der Waals surface area contributed by atoms with Gasteiger partial charge in [0.15, 0.2) is 0 Å². The first-order chi connectivity index (χ1) is 5.29. The molecule has 3 heteroatoms. The van der Waals surface area contributed by atoms with Gasteiger partial charge in [0, 0.05) is 12.6 Å². The molecule has 2 fully saturated rings. The number of nitrogens with one attached hydrogen (secondary N) is 1. The number of halogens is 1. The zero-order valence-electron chi connectivity index (χ0n) is 6.89. The summed E-state index contributed by atoms with van der Waals surface area (Å²) in [6.45, 7) is 3.34. The Morgan fingerprint density at radius 2 is 2.27 bits per heavy atom. The van der Waals surface area contributed by atoms with E-state index in [1.165, 1.54) is 25.8 Å². The van der Waals surface area contributed by atoms with Crippen LogP contribution in [0, 0.1) is 0 Å². The van der Waals surface area contributed by atoms with E-state index in [1.54, 1.807) is 0 Å². The van der Waals surface area contributed by atoms with Crippen LogP contribution in [-0.2, 0) is 0 Å². The summed E-state index contributed by atoms with van der Waals surface area (Å²) in [6, 6.07) is 0.458. The molecule has 0 aromatic carbocycles. The molecule has 2 aliphatic heterocycles. The molecular weight excluding hydrogens is 160 g/mol. The van der Waals surface area contributed by atoms with Gasteiger partial charge in [0.2, 0.25) is 0 Å². The van der Waals surface area contributed by atoms with Crippen LogP contribution in [0.3, 0.4) is 0 Å². The van der Waals surface area contributed by atoms with Gasteiger partial charge in [-0.3, -0.25) is 10.2 Å². The Kier molecular flexibility index (Phi) is 2.08. The molecule has 2 nitrogen and oxygen atoms in total. The van der Waals surface area contributed by atoms with E-state index in [0.717, 1.165) is 0 Å². The highest BCUT2D eigenvalue weighted by atomic mass is 35.5. The van der Waals surface area contributed by atoms with E-state index < -0.39 is 0 Å². The van der Waals surface area contributed by atoms with Crippen LogP contribution in [-0.4, -0.2) is 29.2 Å². The number of piperidine rings is 1. The molecule has 0 aromatic heterocycles. The average Bonchev–Trinajstić information content (AvgIpc) is 2.30. The number of nitrogens with zero attached hydrogens (tertiary/aromatic N) is 1. The van der Waals surface area contributed by atoms with Crippen LogP contribution in [0.25, 0.3) is 0 Å². The van der Waals surface area contributed by atoms with Gasteiger partial charge in [0.05, 0.1) is 6.17 Å². The Bertz CT molecular complexity index is 151. The van der Waals surface area contributed by atoms with Crippen molar-refractivity contribution in [3.05, 3.63) is 0 Å². The fourth-order valence-corrected chi connectivity index (χ4v) is 2.40. The minimum Gasteiger partial charge on any atom is -0.296 e. The van der Waals surface area contributed by atoms with E-state index in [-0.39, 0.29) is 5.50 Å². The molecule has 3 atom stereocenters. The lowest BCUT2D eigenvalue weighted by Gasteiger charge is -2.30. The monoisotopic (exact) mass is 174 g/mol. The number of fused-ring (bicyclic) bond motifs is 1. The molecule has 64 valence electrons. The molecule has 0 amide bonds. The molecule has 0 saturated carbocycles. The first-order valence-corrected chi connectivity index (χ1v) is 4.88. The number of hydrogen-bond donors (Lipinski definition) is 1. The Labute approximate surface area is 72.9 Å². The Morgan fingerprint density at radius 1 is 1.45 bits per heavy atom. The number of rotatable bonds is 0. The smallest absolute Gasteiger partial charge is 0.101 e. The first kappa shape index (κ1) is 7.84. The summed E-state index contributed by atoms with van der Waals surface area (Å²) in [7, 11) is 0. The zero-order valence-corrected chi connectivity index (χ0v) is 7.64. The minimum atomic E-state index is 0.222. The molecule has 2 aliphatic rings. The average molecular weight is 175 g/mol. The second-order valence-corrected chi connectivity index (χ2v) is 4.02. The minimum absolute atomic E-state index is 0.222. The summed E-state index contributed by atoms with van der Waals surface area (Å²) in [5.41, 5.74) is 0.222. The summed E-state index contributed by atoms with van der Waals surface area (Å²) in [6.07, 6.45) is 4.51. The van der Waals surface area contributed by atoms with Crippen molar-refractivity contribution in [3.63, 3.8) is 0 Å². The lowest BCUT2D eigenvalue weighted by Crippen LogP contribution is -2.41. The topological polar surface area (TPSA) is 15.3 Å². The molecule has 11 heavy (non-hydrogen) atoms. The lowest BCUT2D eigenvalue weighted by molar-refractivity contribution is 0.172. The third kappa shape index (κ3) is 1.28. The van der Waals surface area contributed by atoms with Gasteiger partial charge < -0.3 is 0 Å². The highest BCUT2D eigenvalue weighted by Crippen LogP contribution is 2.27. The fourth-order valence-electron chi connectivity index (χ4n) is 2.10. The number of alkyl halides is 1. The highest BCUT2D eigenvalue weighted by Gasteiger charge is 2.37. The standard InChI is InChI=1S/C8H15ClN2/c1-6-8(9)11-5-3-2-4-7(11)10-6/h6-8,10H,2-5H2,1H3/t6?,7-,8?/m0/s1. The zero-order chi connectivity index (χ0) is 7.84. The summed E-state index contributed by atoms with van der Waals surface area (Å²) in [5.74, 6) is 0. The van der Waals surface area contributed by atoms with Gasteiger partial charge in [-0.2, -0.15) is 0 Å². The van der Waals surface area contributed by atoms with E-state index in [2.05, 4.69) is 17.1 Å². The molecule has 2 rings (SSSR count). The van der Waals surface area contributed by atoms with Gasteiger partial charge >= 0.3 is 0 Å². The fraction of sp³-hybridized carbons (Fsp3) is 1.00. The van der Waals surface area contributed by atoms with Gasteiger partial charge in [-0.25, -0.2) is 0 Å². The van der Waals surface area contributed by atoms with E-state index in [4.69, 9.17) is 11.6 Å². The van der Waals surface area contributed by atoms with Crippen LogP contribution >= 0.6 is 11.6 Å². The molecule has 1 N–H and O–H groups in total. The van der Waals surface area contributed by atoms with Crippen molar-refractivity contribution < 1.29 is 0 Å². The first-order valence-electron chi connectivity index (χ1n) is 4.45. The van der Waals surface area contributed by atoms with Crippen molar-refractivity contribution in [2.75, 3.05) is 6.54 Å². The Hall–Kier alpha value is 0.210. The molecule has 0 spiro atoms. The van der Waals surface area contributed by atoms with Crippen LogP contribution in [0.4, 0.5) is 0 Å². The normalized spacial score (nSPS) is 45.8. The van der Waals surface area contributed by atoms with Crippen molar-refractivity contribution in [2.24, 2.45) is 0 Å². The van der Waals surface area contributed by atoms with Gasteiger partial charge in [0.25, 0.3) is 0 Å². The maximum absolute atomic E-state index is 6.20. The van der Waals surface area contributed by atoms with E-state index in [1.807, 2.05) is 0 Å². The molecule has 2 unspecified atom stereocenters. The van der Waals surface area contributed by atoms with Crippen molar-refractivity contribution in [2.45, 2.75) is 43.9 Å². The molecule has 0 radical (unpaired) electrons. The van der Waals surface area contributed by atoms with E-state index >= 15 is 0 Å². The van der Waals surface area contributed by atoms with Crippen LogP contribution < -0.4 is 5.32 Å². The quantitative estimate of drug-likeness (QED) is 0.441. The van der Waals surface area contributed by atoms with E-state index in [9.17, 15) is 0 Å². The van der Waals surface area contributed by atoms with Crippen molar-refractivity contribution in [3.8, 4) is 0 Å².